The van der Waals surface area contributed by atoms with Crippen molar-refractivity contribution in [3.8, 4) is 0 Å². The number of rotatable bonds is 4. The first-order valence-electron chi connectivity index (χ1n) is 7.02. The van der Waals surface area contributed by atoms with Crippen molar-refractivity contribution in [1.29, 1.82) is 0 Å². The van der Waals surface area contributed by atoms with Crippen LogP contribution in [0.1, 0.15) is 25.6 Å². The fraction of sp³-hybridized carbons (Fsp3) is 0.0625. The molecule has 2 heterocycles. The van der Waals surface area contributed by atoms with Crippen LogP contribution in [0.4, 0.5) is 0 Å². The maximum atomic E-state index is 12.1. The number of hydrazine groups is 1. The van der Waals surface area contributed by atoms with Crippen LogP contribution in [0, 0.1) is 0 Å². The highest BCUT2D eigenvalue weighted by Crippen LogP contribution is 2.21. The predicted octanol–water partition coefficient (Wildman–Crippen LogP) is 2.83. The van der Waals surface area contributed by atoms with E-state index in [1.807, 2.05) is 22.9 Å². The summed E-state index contributed by atoms with van der Waals surface area (Å²) in [6.07, 6.45) is 5.33. The van der Waals surface area contributed by atoms with Crippen LogP contribution >= 0.6 is 27.3 Å². The Morgan fingerprint density at radius 1 is 1.08 bits per heavy atom. The minimum Gasteiger partial charge on any atom is -0.333 e. The highest BCUT2D eigenvalue weighted by molar-refractivity contribution is 9.11. The molecule has 0 spiro atoms. The van der Waals surface area contributed by atoms with E-state index in [4.69, 9.17) is 0 Å². The summed E-state index contributed by atoms with van der Waals surface area (Å²) < 4.78 is 2.79. The number of carbonyl (C=O) groups is 2. The van der Waals surface area contributed by atoms with Crippen molar-refractivity contribution >= 4 is 39.1 Å². The van der Waals surface area contributed by atoms with E-state index < -0.39 is 0 Å². The molecule has 0 saturated carbocycles. The number of hydrogen-bond acceptors (Lipinski definition) is 4. The molecule has 24 heavy (non-hydrogen) atoms. The van der Waals surface area contributed by atoms with E-state index >= 15 is 0 Å². The average molecular weight is 405 g/mol. The number of benzene rings is 1. The zero-order valence-corrected chi connectivity index (χ0v) is 14.8. The number of imidazole rings is 1. The molecule has 2 aromatic heterocycles. The number of hydrogen-bond donors (Lipinski definition) is 2. The van der Waals surface area contributed by atoms with Crippen LogP contribution < -0.4 is 10.9 Å². The van der Waals surface area contributed by atoms with Gasteiger partial charge in [-0.3, -0.25) is 20.4 Å². The van der Waals surface area contributed by atoms with E-state index in [9.17, 15) is 9.59 Å². The van der Waals surface area contributed by atoms with Crippen LogP contribution in [0.5, 0.6) is 0 Å². The summed E-state index contributed by atoms with van der Waals surface area (Å²) >= 11 is 4.58. The van der Waals surface area contributed by atoms with Crippen LogP contribution in [0.15, 0.2) is 58.9 Å². The third-order valence-corrected chi connectivity index (χ3v) is 4.85. The van der Waals surface area contributed by atoms with Crippen molar-refractivity contribution < 1.29 is 9.59 Å². The van der Waals surface area contributed by atoms with E-state index in [1.165, 1.54) is 11.3 Å². The minimum absolute atomic E-state index is 0.351. The van der Waals surface area contributed by atoms with Crippen molar-refractivity contribution in [2.45, 2.75) is 6.54 Å². The molecule has 0 aliphatic heterocycles. The Hall–Kier alpha value is -2.45. The van der Waals surface area contributed by atoms with Crippen LogP contribution in [-0.4, -0.2) is 21.4 Å². The number of nitrogens with zero attached hydrogens (tertiary/aromatic N) is 2. The van der Waals surface area contributed by atoms with Gasteiger partial charge in [-0.25, -0.2) is 4.98 Å². The average Bonchev–Trinajstić information content (AvgIpc) is 3.24. The Kier molecular flexibility index (Phi) is 5.07. The quantitative estimate of drug-likeness (QED) is 0.656. The number of halogens is 1. The third kappa shape index (κ3) is 4.09. The molecule has 2 N–H and O–H groups in total. The maximum absolute atomic E-state index is 12.1. The second-order valence-electron chi connectivity index (χ2n) is 4.94. The molecule has 0 aliphatic carbocycles. The molecule has 0 atom stereocenters. The molecule has 0 unspecified atom stereocenters. The zero-order chi connectivity index (χ0) is 16.9. The van der Waals surface area contributed by atoms with Gasteiger partial charge >= 0.3 is 0 Å². The molecule has 0 radical (unpaired) electrons. The summed E-state index contributed by atoms with van der Waals surface area (Å²) in [5, 5.41) is 0. The Labute approximate surface area is 150 Å². The smallest absolute Gasteiger partial charge is 0.279 e. The molecule has 0 fully saturated rings. The van der Waals surface area contributed by atoms with Gasteiger partial charge in [0.2, 0.25) is 0 Å². The number of carbonyl (C=O) groups excluding carboxylic acids is 2. The van der Waals surface area contributed by atoms with Gasteiger partial charge in [-0.05, 0) is 45.8 Å². The van der Waals surface area contributed by atoms with Gasteiger partial charge < -0.3 is 4.57 Å². The second-order valence-corrected chi connectivity index (χ2v) is 7.41. The highest BCUT2D eigenvalue weighted by atomic mass is 79.9. The van der Waals surface area contributed by atoms with Crippen molar-refractivity contribution in [3.63, 3.8) is 0 Å². The van der Waals surface area contributed by atoms with Gasteiger partial charge in [0, 0.05) is 24.5 Å². The third-order valence-electron chi connectivity index (χ3n) is 3.23. The number of thiophene rings is 1. The molecule has 6 nitrogen and oxygen atoms in total. The molecule has 122 valence electrons. The summed E-state index contributed by atoms with van der Waals surface area (Å²) in [5.74, 6) is -0.719. The van der Waals surface area contributed by atoms with E-state index in [0.717, 1.165) is 9.35 Å². The summed E-state index contributed by atoms with van der Waals surface area (Å²) in [5.41, 5.74) is 6.33. The Balaban J connectivity index is 1.56. The van der Waals surface area contributed by atoms with Crippen molar-refractivity contribution in [3.05, 3.63) is 74.9 Å². The Morgan fingerprint density at radius 2 is 1.83 bits per heavy atom. The van der Waals surface area contributed by atoms with E-state index in [1.54, 1.807) is 36.8 Å². The van der Waals surface area contributed by atoms with Crippen LogP contribution in [0.2, 0.25) is 0 Å². The Morgan fingerprint density at radius 3 is 2.46 bits per heavy atom. The first-order valence-corrected chi connectivity index (χ1v) is 8.63. The molecule has 0 bridgehead atoms. The normalized spacial score (nSPS) is 10.4. The number of amides is 2. The standard InChI is InChI=1S/C16H13BrN4O2S/c17-14-6-5-13(24-14)16(23)20-19-15(22)12-3-1-11(2-4-12)9-21-8-7-18-10-21/h1-8,10H,9H2,(H,19,22)(H,20,23). The largest absolute Gasteiger partial charge is 0.333 e. The van der Waals surface area contributed by atoms with Crippen LogP contribution in [0.3, 0.4) is 0 Å². The highest BCUT2D eigenvalue weighted by Gasteiger charge is 2.11. The van der Waals surface area contributed by atoms with Gasteiger partial charge in [0.05, 0.1) is 15.0 Å². The summed E-state index contributed by atoms with van der Waals surface area (Å²) in [6.45, 7) is 0.686. The molecular formula is C16H13BrN4O2S. The summed E-state index contributed by atoms with van der Waals surface area (Å²) in [7, 11) is 0. The van der Waals surface area contributed by atoms with Gasteiger partial charge in [-0.2, -0.15) is 0 Å². The molecule has 0 aliphatic rings. The molecule has 3 aromatic rings. The monoisotopic (exact) mass is 404 g/mol. The lowest BCUT2D eigenvalue weighted by atomic mass is 10.1. The molecular weight excluding hydrogens is 392 g/mol. The molecule has 1 aromatic carbocycles. The zero-order valence-electron chi connectivity index (χ0n) is 12.4. The van der Waals surface area contributed by atoms with E-state index in [0.29, 0.717) is 17.0 Å². The maximum Gasteiger partial charge on any atom is 0.279 e. The van der Waals surface area contributed by atoms with Crippen molar-refractivity contribution in [2.24, 2.45) is 0 Å². The van der Waals surface area contributed by atoms with Gasteiger partial charge in [0.25, 0.3) is 11.8 Å². The fourth-order valence-electron chi connectivity index (χ4n) is 2.04. The molecule has 3 rings (SSSR count). The minimum atomic E-state index is -0.367. The first-order chi connectivity index (χ1) is 11.6. The number of nitrogens with one attached hydrogen (secondary N) is 2. The molecule has 2 amide bonds. The van der Waals surface area contributed by atoms with Gasteiger partial charge in [-0.15, -0.1) is 11.3 Å². The van der Waals surface area contributed by atoms with Crippen LogP contribution in [-0.2, 0) is 6.54 Å². The van der Waals surface area contributed by atoms with E-state index in [-0.39, 0.29) is 11.8 Å². The predicted molar refractivity (Wildman–Crippen MR) is 94.7 cm³/mol. The lowest BCUT2D eigenvalue weighted by molar-refractivity contribution is 0.0849. The second kappa shape index (κ2) is 7.41. The molecule has 8 heteroatoms. The molecule has 0 saturated heterocycles. The summed E-state index contributed by atoms with van der Waals surface area (Å²) in [6, 6.07) is 10.6. The van der Waals surface area contributed by atoms with E-state index in [2.05, 4.69) is 31.8 Å². The summed E-state index contributed by atoms with van der Waals surface area (Å²) in [4.78, 5) is 28.4. The van der Waals surface area contributed by atoms with Crippen LogP contribution in [0.25, 0.3) is 0 Å². The fourth-order valence-corrected chi connectivity index (χ4v) is 3.32. The topological polar surface area (TPSA) is 76.0 Å². The van der Waals surface area contributed by atoms with Gasteiger partial charge in [0.1, 0.15) is 0 Å². The van der Waals surface area contributed by atoms with Gasteiger partial charge in [0.15, 0.2) is 0 Å². The Bertz CT molecular complexity index is 843. The SMILES string of the molecule is O=C(NNC(=O)c1ccc(Br)s1)c1ccc(Cn2ccnc2)cc1. The van der Waals surface area contributed by atoms with Crippen molar-refractivity contribution in [2.75, 3.05) is 0 Å². The van der Waals surface area contributed by atoms with Gasteiger partial charge in [-0.1, -0.05) is 12.1 Å². The lowest BCUT2D eigenvalue weighted by Gasteiger charge is -2.07. The number of aromatic nitrogens is 2. The lowest BCUT2D eigenvalue weighted by Crippen LogP contribution is -2.41. The first kappa shape index (κ1) is 16.4. The van der Waals surface area contributed by atoms with Crippen molar-refractivity contribution in [1.82, 2.24) is 20.4 Å².